The van der Waals surface area contributed by atoms with Crippen LogP contribution in [0.5, 0.6) is 0 Å². The molecule has 11 heteroatoms. The SMILES string of the molecule is [B]C([CH]=[W])=Cc1[c-][nH]c(Cl)c([N+](=O)[O-])c1=NCCC1CCN(C(=O)OC(C)(C)C)CC1. The number of nitrogens with zero attached hydrogens (tertiary/aromatic N) is 3. The van der Waals surface area contributed by atoms with Gasteiger partial charge in [-0.25, -0.2) is 4.79 Å². The third-order valence-electron chi connectivity index (χ3n) is 4.70. The molecule has 1 amide bonds. The quantitative estimate of drug-likeness (QED) is 0.175. The van der Waals surface area contributed by atoms with Crippen molar-refractivity contribution >= 4 is 41.7 Å². The van der Waals surface area contributed by atoms with E-state index in [4.69, 9.17) is 24.2 Å². The Morgan fingerprint density at radius 1 is 1.48 bits per heavy atom. The fourth-order valence-electron chi connectivity index (χ4n) is 3.19. The number of nitro groups is 1. The molecule has 1 aromatic heterocycles. The van der Waals surface area contributed by atoms with Crippen LogP contribution in [0.25, 0.3) is 6.08 Å². The molecule has 1 aliphatic heterocycles. The molecule has 2 heterocycles. The molecule has 1 aliphatic rings. The molecule has 166 valence electrons. The molecule has 1 saturated heterocycles. The number of amides is 1. The van der Waals surface area contributed by atoms with Crippen molar-refractivity contribution in [2.45, 2.75) is 45.6 Å². The van der Waals surface area contributed by atoms with Gasteiger partial charge in [0.25, 0.3) is 0 Å². The number of ether oxygens (including phenoxy) is 1. The number of likely N-dealkylation sites (tertiary alicyclic amines) is 1. The molecule has 0 aromatic carbocycles. The molecule has 0 spiro atoms. The van der Waals surface area contributed by atoms with Crippen molar-refractivity contribution in [2.24, 2.45) is 10.9 Å². The van der Waals surface area contributed by atoms with E-state index in [2.05, 4.69) is 16.2 Å². The Balaban J connectivity index is 2.10. The van der Waals surface area contributed by atoms with Crippen molar-refractivity contribution in [3.63, 3.8) is 0 Å². The van der Waals surface area contributed by atoms with Crippen LogP contribution in [-0.4, -0.2) is 58.4 Å². The van der Waals surface area contributed by atoms with Crippen molar-refractivity contribution in [3.05, 3.63) is 37.9 Å². The summed E-state index contributed by atoms with van der Waals surface area (Å²) in [5.41, 5.74) is 0.0648. The molecule has 2 radical (unpaired) electrons. The van der Waals surface area contributed by atoms with Gasteiger partial charge in [-0.15, -0.1) is 0 Å². The number of hydrogen-bond donors (Lipinski definition) is 1. The van der Waals surface area contributed by atoms with Crippen molar-refractivity contribution in [1.82, 2.24) is 9.88 Å². The molecular weight excluding hydrogens is 590 g/mol. The maximum atomic E-state index is 12.2. The van der Waals surface area contributed by atoms with Crippen LogP contribution in [0.2, 0.25) is 5.15 Å². The van der Waals surface area contributed by atoms with E-state index in [9.17, 15) is 14.9 Å². The van der Waals surface area contributed by atoms with Gasteiger partial charge >= 0.3 is 164 Å². The summed E-state index contributed by atoms with van der Waals surface area (Å²) in [5, 5.41) is 11.6. The molecule has 2 rings (SSSR count). The zero-order valence-electron chi connectivity index (χ0n) is 17.8. The maximum absolute atomic E-state index is 12.2. The first-order chi connectivity index (χ1) is 14.5. The fraction of sp³-hybridized carbons (Fsp3) is 0.550. The van der Waals surface area contributed by atoms with E-state index in [1.54, 1.807) is 15.4 Å². The normalized spacial score (nSPS) is 16.3. The molecular formula is C20H25BClN4O4W-. The summed E-state index contributed by atoms with van der Waals surface area (Å²) in [5.74, 6) is 0.368. The second kappa shape index (κ2) is 11.2. The number of allylic oxidation sites excluding steroid dienone is 1. The number of aromatic amines is 1. The molecule has 1 N–H and O–H groups in total. The summed E-state index contributed by atoms with van der Waals surface area (Å²) >= 11 is 7.15. The van der Waals surface area contributed by atoms with Crippen LogP contribution in [0.4, 0.5) is 10.5 Å². The number of carbonyl (C=O) groups excluding carboxylic acids is 1. The average Bonchev–Trinajstić information content (AvgIpc) is 2.68. The van der Waals surface area contributed by atoms with Crippen LogP contribution in [0.1, 0.15) is 45.6 Å². The second-order valence-electron chi connectivity index (χ2n) is 8.28. The number of piperidine rings is 1. The minimum absolute atomic E-state index is 0.128. The van der Waals surface area contributed by atoms with Crippen LogP contribution in [0.3, 0.4) is 0 Å². The average molecular weight is 616 g/mol. The van der Waals surface area contributed by atoms with Crippen LogP contribution in [0, 0.1) is 22.2 Å². The summed E-state index contributed by atoms with van der Waals surface area (Å²) in [6.07, 6.45) is 6.52. The molecule has 0 saturated carbocycles. The molecule has 0 aliphatic carbocycles. The standard InChI is InChI=1S/C20H25BClN4O4.W/c1-13(21)11-15-12-24-18(22)17(26(28)29)16(15)23-8-5-14-6-9-25(10-7-14)19(27)30-20(2,3)4;/h1,11,14H,5-10H2,2-4H3,(H,23,24);/q-1;. The van der Waals surface area contributed by atoms with E-state index >= 15 is 0 Å². The zero-order valence-corrected chi connectivity index (χ0v) is 21.5. The first-order valence-electron chi connectivity index (χ1n) is 9.90. The topological polar surface area (TPSA) is 101 Å². The van der Waals surface area contributed by atoms with Crippen molar-refractivity contribution in [2.75, 3.05) is 19.6 Å². The minimum atomic E-state index is -0.556. The Morgan fingerprint density at radius 2 is 2.13 bits per heavy atom. The Labute approximate surface area is 199 Å². The summed E-state index contributed by atoms with van der Waals surface area (Å²) in [4.78, 5) is 31.9. The van der Waals surface area contributed by atoms with Crippen molar-refractivity contribution in [3.8, 4) is 0 Å². The van der Waals surface area contributed by atoms with Gasteiger partial charge in [0.1, 0.15) is 5.60 Å². The van der Waals surface area contributed by atoms with E-state index in [0.717, 1.165) is 38.6 Å². The monoisotopic (exact) mass is 615 g/mol. The number of aromatic nitrogens is 1. The molecule has 1 fully saturated rings. The third-order valence-corrected chi connectivity index (χ3v) is 5.95. The second-order valence-corrected chi connectivity index (χ2v) is 9.50. The van der Waals surface area contributed by atoms with Gasteiger partial charge in [0.05, 0.1) is 0 Å². The van der Waals surface area contributed by atoms with Crippen LogP contribution in [0.15, 0.2) is 10.5 Å². The van der Waals surface area contributed by atoms with Gasteiger partial charge in [0, 0.05) is 0 Å². The number of pyridine rings is 1. The summed E-state index contributed by atoms with van der Waals surface area (Å²) in [6, 6.07) is 0. The summed E-state index contributed by atoms with van der Waals surface area (Å²) in [7, 11) is 5.86. The predicted octanol–water partition coefficient (Wildman–Crippen LogP) is 3.17. The number of rotatable bonds is 6. The molecule has 31 heavy (non-hydrogen) atoms. The van der Waals surface area contributed by atoms with Gasteiger partial charge < -0.3 is 4.74 Å². The van der Waals surface area contributed by atoms with Gasteiger partial charge in [0.15, 0.2) is 0 Å². The first-order valence-corrected chi connectivity index (χ1v) is 12.0. The predicted molar refractivity (Wildman–Crippen MR) is 117 cm³/mol. The number of halogens is 1. The van der Waals surface area contributed by atoms with E-state index in [1.165, 1.54) is 0 Å². The Morgan fingerprint density at radius 3 is 2.68 bits per heavy atom. The van der Waals surface area contributed by atoms with Gasteiger partial charge in [-0.05, 0) is 20.8 Å². The van der Waals surface area contributed by atoms with E-state index < -0.39 is 10.5 Å². The van der Waals surface area contributed by atoms with Crippen LogP contribution >= 0.6 is 11.6 Å². The van der Waals surface area contributed by atoms with E-state index in [0.29, 0.717) is 36.6 Å². The Kier molecular flexibility index (Phi) is 9.25. The van der Waals surface area contributed by atoms with Crippen LogP contribution < -0.4 is 5.36 Å². The van der Waals surface area contributed by atoms with Gasteiger partial charge in [-0.3, -0.25) is 0 Å². The van der Waals surface area contributed by atoms with Crippen LogP contribution in [-0.2, 0) is 24.1 Å². The molecule has 1 aromatic rings. The van der Waals surface area contributed by atoms with E-state index in [1.807, 2.05) is 20.8 Å². The van der Waals surface area contributed by atoms with E-state index in [-0.39, 0.29) is 22.3 Å². The van der Waals surface area contributed by atoms with Gasteiger partial charge in [0.2, 0.25) is 0 Å². The van der Waals surface area contributed by atoms with Gasteiger partial charge in [-0.2, -0.15) is 0 Å². The molecule has 0 bridgehead atoms. The number of nitrogens with one attached hydrogen (secondary N) is 1. The summed E-state index contributed by atoms with van der Waals surface area (Å²) < 4.78 is 7.18. The Hall–Kier alpha value is -1.73. The molecule has 8 nitrogen and oxygen atoms in total. The first kappa shape index (κ1) is 25.5. The van der Waals surface area contributed by atoms with Crippen molar-refractivity contribution in [1.29, 1.82) is 0 Å². The molecule has 0 atom stereocenters. The summed E-state index contributed by atoms with van der Waals surface area (Å²) in [6.45, 7) is 7.19. The Bertz CT molecular complexity index is 934. The number of hydrogen-bond acceptors (Lipinski definition) is 5. The van der Waals surface area contributed by atoms with Gasteiger partial charge in [-0.1, -0.05) is 0 Å². The molecule has 0 unspecified atom stereocenters. The number of H-pyrrole nitrogens is 1. The fourth-order valence-corrected chi connectivity index (χ4v) is 3.64. The third kappa shape index (κ3) is 7.72. The zero-order chi connectivity index (χ0) is 23.2. The number of carbonyl (C=O) groups is 1. The van der Waals surface area contributed by atoms with Crippen molar-refractivity contribution < 1.29 is 33.8 Å².